The lowest BCUT2D eigenvalue weighted by molar-refractivity contribution is 0.0264. The summed E-state index contributed by atoms with van der Waals surface area (Å²) in [6.07, 6.45) is 0. The second-order valence-corrected chi connectivity index (χ2v) is 5.43. The molecule has 0 saturated carbocycles. The quantitative estimate of drug-likeness (QED) is 0.522. The molecule has 0 N–H and O–H groups in total. The predicted octanol–water partition coefficient (Wildman–Crippen LogP) is 2.84. The molecule has 1 aromatic heterocycles. The van der Waals surface area contributed by atoms with Gasteiger partial charge >= 0.3 is 11.9 Å². The van der Waals surface area contributed by atoms with Crippen molar-refractivity contribution in [1.29, 1.82) is 0 Å². The largest absolute Gasteiger partial charge is 0.458 e. The van der Waals surface area contributed by atoms with Crippen LogP contribution in [-0.2, 0) is 9.47 Å². The van der Waals surface area contributed by atoms with Crippen LogP contribution in [0.3, 0.4) is 0 Å². The molecule has 0 aliphatic heterocycles. The first-order valence-electron chi connectivity index (χ1n) is 6.96. The molecule has 0 fully saturated rings. The summed E-state index contributed by atoms with van der Waals surface area (Å²) in [4.78, 5) is 23.8. The number of aromatic nitrogens is 2. The molecule has 0 spiro atoms. The lowest BCUT2D eigenvalue weighted by atomic mass is 10.2. The van der Waals surface area contributed by atoms with Crippen LogP contribution < -0.4 is 0 Å². The average Bonchev–Trinajstić information content (AvgIpc) is 3.07. The number of hydrogen-bond acceptors (Lipinski definition) is 7. The van der Waals surface area contributed by atoms with Crippen molar-refractivity contribution >= 4 is 33.7 Å². The molecular weight excluding hydrogens is 335 g/mol. The van der Waals surface area contributed by atoms with Gasteiger partial charge in [-0.3, -0.25) is 0 Å². The van der Waals surface area contributed by atoms with Gasteiger partial charge in [0, 0.05) is 0 Å². The predicted molar refractivity (Wildman–Crippen MR) is 84.4 cm³/mol. The molecule has 2 aromatic carbocycles. The van der Waals surface area contributed by atoms with E-state index in [1.165, 1.54) is 24.3 Å². The van der Waals surface area contributed by atoms with Crippen LogP contribution in [0.15, 0.2) is 42.5 Å². The zero-order valence-corrected chi connectivity index (χ0v) is 13.1. The van der Waals surface area contributed by atoms with Crippen LogP contribution in [0.4, 0.5) is 4.39 Å². The fourth-order valence-corrected chi connectivity index (χ4v) is 2.68. The van der Waals surface area contributed by atoms with Crippen molar-refractivity contribution in [1.82, 2.24) is 9.59 Å². The van der Waals surface area contributed by atoms with Crippen LogP contribution in [0.5, 0.6) is 0 Å². The third kappa shape index (κ3) is 3.38. The Balaban J connectivity index is 1.53. The van der Waals surface area contributed by atoms with Gasteiger partial charge in [-0.2, -0.15) is 0 Å². The summed E-state index contributed by atoms with van der Waals surface area (Å²) < 4.78 is 27.8. The maximum atomic E-state index is 13.4. The molecule has 0 aliphatic carbocycles. The topological polar surface area (TPSA) is 78.4 Å². The Morgan fingerprint density at radius 2 is 1.62 bits per heavy atom. The highest BCUT2D eigenvalue weighted by atomic mass is 32.1. The molecule has 0 aliphatic rings. The van der Waals surface area contributed by atoms with Crippen molar-refractivity contribution in [3.8, 4) is 0 Å². The van der Waals surface area contributed by atoms with Crippen LogP contribution in [0.1, 0.15) is 20.7 Å². The molecule has 0 unspecified atom stereocenters. The van der Waals surface area contributed by atoms with Crippen LogP contribution in [0.25, 0.3) is 10.2 Å². The summed E-state index contributed by atoms with van der Waals surface area (Å²) in [7, 11) is 0. The molecule has 0 bridgehead atoms. The van der Waals surface area contributed by atoms with E-state index in [-0.39, 0.29) is 18.8 Å². The van der Waals surface area contributed by atoms with Crippen LogP contribution in [-0.4, -0.2) is 34.7 Å². The maximum absolute atomic E-state index is 13.4. The normalized spacial score (nSPS) is 10.5. The summed E-state index contributed by atoms with van der Waals surface area (Å²) in [5.74, 6) is -2.03. The van der Waals surface area contributed by atoms with E-state index < -0.39 is 17.8 Å². The van der Waals surface area contributed by atoms with E-state index in [1.54, 1.807) is 18.2 Å². The molecule has 0 amide bonds. The van der Waals surface area contributed by atoms with Gasteiger partial charge in [-0.1, -0.05) is 22.7 Å². The highest BCUT2D eigenvalue weighted by molar-refractivity contribution is 7.13. The fourth-order valence-electron chi connectivity index (χ4n) is 2.02. The van der Waals surface area contributed by atoms with Gasteiger partial charge in [0.1, 0.15) is 24.5 Å². The average molecular weight is 346 g/mol. The standard InChI is InChI=1S/C16H11FN2O4S/c17-12-6-2-1-4-10(12)15(20)22-8-9-23-16(21)11-5-3-7-13-14(11)24-19-18-13/h1-7H,8-9H2. The van der Waals surface area contributed by atoms with Crippen LogP contribution >= 0.6 is 11.5 Å². The number of hydrogen-bond donors (Lipinski definition) is 0. The lowest BCUT2D eigenvalue weighted by Crippen LogP contribution is -2.15. The SMILES string of the molecule is O=C(OCCOC(=O)c1cccc2nnsc12)c1ccccc1F. The number of benzene rings is 2. The smallest absolute Gasteiger partial charge is 0.341 e. The van der Waals surface area contributed by atoms with Gasteiger partial charge in [0.15, 0.2) is 0 Å². The number of rotatable bonds is 5. The summed E-state index contributed by atoms with van der Waals surface area (Å²) in [6.45, 7) is -0.308. The van der Waals surface area contributed by atoms with Gasteiger partial charge in [-0.15, -0.1) is 5.10 Å². The Hall–Kier alpha value is -2.87. The number of ether oxygens (including phenoxy) is 2. The van der Waals surface area contributed by atoms with Crippen molar-refractivity contribution in [2.75, 3.05) is 13.2 Å². The maximum Gasteiger partial charge on any atom is 0.341 e. The molecule has 0 atom stereocenters. The van der Waals surface area contributed by atoms with Crippen LogP contribution in [0.2, 0.25) is 0 Å². The monoisotopic (exact) mass is 346 g/mol. The van der Waals surface area contributed by atoms with Gasteiger partial charge in [0.2, 0.25) is 0 Å². The van der Waals surface area contributed by atoms with Crippen molar-refractivity contribution in [3.63, 3.8) is 0 Å². The van der Waals surface area contributed by atoms with E-state index in [2.05, 4.69) is 9.59 Å². The highest BCUT2D eigenvalue weighted by Crippen LogP contribution is 2.20. The van der Waals surface area contributed by atoms with E-state index >= 15 is 0 Å². The zero-order chi connectivity index (χ0) is 16.9. The number of nitrogens with zero attached hydrogens (tertiary/aromatic N) is 2. The number of fused-ring (bicyclic) bond motifs is 1. The van der Waals surface area contributed by atoms with Gasteiger partial charge in [0.05, 0.1) is 15.8 Å². The lowest BCUT2D eigenvalue weighted by Gasteiger charge is -2.07. The van der Waals surface area contributed by atoms with Crippen LogP contribution in [0, 0.1) is 5.82 Å². The molecule has 3 rings (SSSR count). The van der Waals surface area contributed by atoms with E-state index in [0.29, 0.717) is 15.8 Å². The zero-order valence-electron chi connectivity index (χ0n) is 12.3. The molecule has 0 saturated heterocycles. The second-order valence-electron chi connectivity index (χ2n) is 4.68. The number of carbonyl (C=O) groups excluding carboxylic acids is 2. The number of halogens is 1. The minimum absolute atomic E-state index is 0.137. The highest BCUT2D eigenvalue weighted by Gasteiger charge is 2.15. The molecule has 24 heavy (non-hydrogen) atoms. The number of esters is 2. The van der Waals surface area contributed by atoms with E-state index in [0.717, 1.165) is 11.5 Å². The van der Waals surface area contributed by atoms with E-state index in [1.807, 2.05) is 0 Å². The fraction of sp³-hybridized carbons (Fsp3) is 0.125. The van der Waals surface area contributed by atoms with Crippen molar-refractivity contribution < 1.29 is 23.5 Å². The molecular formula is C16H11FN2O4S. The van der Waals surface area contributed by atoms with Gasteiger partial charge < -0.3 is 9.47 Å². The van der Waals surface area contributed by atoms with Gasteiger partial charge in [0.25, 0.3) is 0 Å². The van der Waals surface area contributed by atoms with Crippen molar-refractivity contribution in [3.05, 3.63) is 59.4 Å². The minimum atomic E-state index is -0.807. The third-order valence-electron chi connectivity index (χ3n) is 3.14. The molecule has 122 valence electrons. The molecule has 3 aromatic rings. The summed E-state index contributed by atoms with van der Waals surface area (Å²) in [6, 6.07) is 10.5. The Morgan fingerprint density at radius 1 is 0.958 bits per heavy atom. The molecule has 8 heteroatoms. The summed E-state index contributed by atoms with van der Waals surface area (Å²) in [5, 5.41) is 3.88. The first-order chi connectivity index (χ1) is 11.7. The van der Waals surface area contributed by atoms with Crippen molar-refractivity contribution in [2.45, 2.75) is 0 Å². The Morgan fingerprint density at radius 3 is 2.38 bits per heavy atom. The third-order valence-corrected chi connectivity index (χ3v) is 3.91. The Bertz CT molecular complexity index is 896. The minimum Gasteiger partial charge on any atom is -0.458 e. The van der Waals surface area contributed by atoms with Gasteiger partial charge in [-0.05, 0) is 35.8 Å². The van der Waals surface area contributed by atoms with E-state index in [4.69, 9.17) is 9.47 Å². The van der Waals surface area contributed by atoms with Crippen molar-refractivity contribution in [2.24, 2.45) is 0 Å². The Labute approximate surface area is 140 Å². The Kier molecular flexibility index (Phi) is 4.76. The summed E-state index contributed by atoms with van der Waals surface area (Å²) >= 11 is 1.10. The molecule has 6 nitrogen and oxygen atoms in total. The summed E-state index contributed by atoms with van der Waals surface area (Å²) in [5.41, 5.74) is 0.799. The van der Waals surface area contributed by atoms with Gasteiger partial charge in [-0.25, -0.2) is 14.0 Å². The number of carbonyl (C=O) groups is 2. The first kappa shape index (κ1) is 16.0. The second kappa shape index (κ2) is 7.14. The van der Waals surface area contributed by atoms with E-state index in [9.17, 15) is 14.0 Å². The molecule has 1 heterocycles. The first-order valence-corrected chi connectivity index (χ1v) is 7.74. The molecule has 0 radical (unpaired) electrons.